The summed E-state index contributed by atoms with van der Waals surface area (Å²) in [6.07, 6.45) is 0. The summed E-state index contributed by atoms with van der Waals surface area (Å²) in [5.74, 6) is 0.378. The Hall–Kier alpha value is -1.81. The van der Waals surface area contributed by atoms with Crippen LogP contribution in [0.1, 0.15) is 11.3 Å². The number of alkyl halides is 1. The van der Waals surface area contributed by atoms with Crippen molar-refractivity contribution in [1.82, 2.24) is 9.78 Å². The molecular weight excluding hydrogens is 250 g/mol. The molecular formula is C13H14ClN3O. The van der Waals surface area contributed by atoms with Crippen LogP contribution in [0.2, 0.25) is 0 Å². The molecule has 0 bridgehead atoms. The molecule has 0 aliphatic heterocycles. The number of benzene rings is 1. The SMILES string of the molecule is Cc1cc(NC(=O)CCl)n(Cc2ccccc2)n1. The number of amides is 1. The summed E-state index contributed by atoms with van der Waals surface area (Å²) < 4.78 is 1.76. The van der Waals surface area contributed by atoms with Crippen LogP contribution < -0.4 is 5.32 Å². The minimum atomic E-state index is -0.231. The summed E-state index contributed by atoms with van der Waals surface area (Å²) in [5.41, 5.74) is 1.98. The fraction of sp³-hybridized carbons (Fsp3) is 0.231. The first kappa shape index (κ1) is 12.6. The number of hydrogen-bond donors (Lipinski definition) is 1. The van der Waals surface area contributed by atoms with Gasteiger partial charge in [0.1, 0.15) is 11.7 Å². The van der Waals surface area contributed by atoms with Crippen LogP contribution in [0.4, 0.5) is 5.82 Å². The summed E-state index contributed by atoms with van der Waals surface area (Å²) >= 11 is 5.48. The molecule has 1 amide bonds. The Balaban J connectivity index is 2.19. The van der Waals surface area contributed by atoms with Crippen LogP contribution in [0.25, 0.3) is 0 Å². The van der Waals surface area contributed by atoms with E-state index in [9.17, 15) is 4.79 Å². The van der Waals surface area contributed by atoms with E-state index in [0.717, 1.165) is 11.3 Å². The number of carbonyl (C=O) groups is 1. The second kappa shape index (κ2) is 5.69. The lowest BCUT2D eigenvalue weighted by molar-refractivity contribution is -0.114. The third-order valence-corrected chi connectivity index (χ3v) is 2.71. The van der Waals surface area contributed by atoms with Crippen molar-refractivity contribution >= 4 is 23.3 Å². The monoisotopic (exact) mass is 263 g/mol. The molecule has 0 atom stereocenters. The van der Waals surface area contributed by atoms with Crippen LogP contribution in [0, 0.1) is 6.92 Å². The van der Waals surface area contributed by atoms with E-state index in [1.165, 1.54) is 0 Å². The largest absolute Gasteiger partial charge is 0.310 e. The number of carbonyl (C=O) groups excluding carboxylic acids is 1. The molecule has 1 N–H and O–H groups in total. The molecule has 5 heteroatoms. The highest BCUT2D eigenvalue weighted by Gasteiger charge is 2.08. The summed E-state index contributed by atoms with van der Waals surface area (Å²) in [6, 6.07) is 11.8. The highest BCUT2D eigenvalue weighted by atomic mass is 35.5. The van der Waals surface area contributed by atoms with Gasteiger partial charge in [-0.15, -0.1) is 11.6 Å². The highest BCUT2D eigenvalue weighted by Crippen LogP contribution is 2.13. The average molecular weight is 264 g/mol. The summed E-state index contributed by atoms with van der Waals surface area (Å²) in [7, 11) is 0. The molecule has 0 radical (unpaired) electrons. The number of nitrogens with one attached hydrogen (secondary N) is 1. The molecule has 2 aromatic rings. The van der Waals surface area contributed by atoms with Crippen LogP contribution >= 0.6 is 11.6 Å². The van der Waals surface area contributed by atoms with Crippen molar-refractivity contribution in [3.8, 4) is 0 Å². The fourth-order valence-electron chi connectivity index (χ4n) is 1.70. The van der Waals surface area contributed by atoms with Gasteiger partial charge in [-0.05, 0) is 12.5 Å². The first-order valence-electron chi connectivity index (χ1n) is 5.63. The van der Waals surface area contributed by atoms with E-state index in [2.05, 4.69) is 10.4 Å². The lowest BCUT2D eigenvalue weighted by Crippen LogP contribution is -2.16. The molecule has 0 aliphatic carbocycles. The zero-order valence-corrected chi connectivity index (χ0v) is 10.8. The van der Waals surface area contributed by atoms with Crippen molar-refractivity contribution in [2.75, 3.05) is 11.2 Å². The van der Waals surface area contributed by atoms with Gasteiger partial charge in [0, 0.05) is 6.07 Å². The van der Waals surface area contributed by atoms with E-state index in [-0.39, 0.29) is 11.8 Å². The van der Waals surface area contributed by atoms with E-state index in [1.807, 2.05) is 43.3 Å². The molecule has 0 fully saturated rings. The van der Waals surface area contributed by atoms with Crippen LogP contribution in [-0.2, 0) is 11.3 Å². The normalized spacial score (nSPS) is 10.3. The first-order chi connectivity index (χ1) is 8.69. The molecule has 0 aliphatic rings. The first-order valence-corrected chi connectivity index (χ1v) is 6.16. The van der Waals surface area contributed by atoms with Crippen molar-refractivity contribution in [1.29, 1.82) is 0 Å². The number of anilines is 1. The molecule has 4 nitrogen and oxygen atoms in total. The molecule has 0 saturated carbocycles. The van der Waals surface area contributed by atoms with Gasteiger partial charge in [-0.1, -0.05) is 30.3 Å². The van der Waals surface area contributed by atoms with E-state index < -0.39 is 0 Å². The molecule has 0 saturated heterocycles. The van der Waals surface area contributed by atoms with Crippen LogP contribution in [-0.4, -0.2) is 21.6 Å². The third-order valence-electron chi connectivity index (χ3n) is 2.47. The van der Waals surface area contributed by atoms with Gasteiger partial charge in [-0.25, -0.2) is 4.68 Å². The van der Waals surface area contributed by atoms with Gasteiger partial charge in [-0.2, -0.15) is 5.10 Å². The topological polar surface area (TPSA) is 46.9 Å². The summed E-state index contributed by atoms with van der Waals surface area (Å²) in [4.78, 5) is 11.3. The Morgan fingerprint density at radius 3 is 2.78 bits per heavy atom. The zero-order valence-electron chi connectivity index (χ0n) is 10.1. The maximum atomic E-state index is 11.3. The van der Waals surface area contributed by atoms with Crippen molar-refractivity contribution in [2.45, 2.75) is 13.5 Å². The molecule has 18 heavy (non-hydrogen) atoms. The van der Waals surface area contributed by atoms with Gasteiger partial charge in [0.05, 0.1) is 12.2 Å². The Morgan fingerprint density at radius 1 is 1.39 bits per heavy atom. The van der Waals surface area contributed by atoms with E-state index in [4.69, 9.17) is 11.6 Å². The third kappa shape index (κ3) is 3.11. The minimum Gasteiger partial charge on any atom is -0.310 e. The predicted molar refractivity (Wildman–Crippen MR) is 71.9 cm³/mol. The smallest absolute Gasteiger partial charge is 0.240 e. The van der Waals surface area contributed by atoms with Crippen molar-refractivity contribution in [2.24, 2.45) is 0 Å². The fourth-order valence-corrected chi connectivity index (χ4v) is 1.77. The molecule has 0 unspecified atom stereocenters. The van der Waals surface area contributed by atoms with Crippen molar-refractivity contribution < 1.29 is 4.79 Å². The molecule has 1 aromatic carbocycles. The van der Waals surface area contributed by atoms with Crippen LogP contribution in [0.15, 0.2) is 36.4 Å². The Morgan fingerprint density at radius 2 is 2.11 bits per heavy atom. The lowest BCUT2D eigenvalue weighted by atomic mass is 10.2. The van der Waals surface area contributed by atoms with Gasteiger partial charge in [0.25, 0.3) is 0 Å². The molecule has 0 spiro atoms. The highest BCUT2D eigenvalue weighted by molar-refractivity contribution is 6.29. The second-order valence-electron chi connectivity index (χ2n) is 4.00. The number of aromatic nitrogens is 2. The molecule has 1 heterocycles. The summed E-state index contributed by atoms with van der Waals surface area (Å²) in [5, 5.41) is 7.08. The van der Waals surface area contributed by atoms with Crippen molar-refractivity contribution in [3.63, 3.8) is 0 Å². The van der Waals surface area contributed by atoms with E-state index >= 15 is 0 Å². The Bertz CT molecular complexity index is 536. The maximum absolute atomic E-state index is 11.3. The quantitative estimate of drug-likeness (QED) is 0.861. The maximum Gasteiger partial charge on any atom is 0.240 e. The van der Waals surface area contributed by atoms with Gasteiger partial charge >= 0.3 is 0 Å². The van der Waals surface area contributed by atoms with Crippen LogP contribution in [0.3, 0.4) is 0 Å². The number of halogens is 1. The van der Waals surface area contributed by atoms with E-state index in [0.29, 0.717) is 12.4 Å². The van der Waals surface area contributed by atoms with Crippen molar-refractivity contribution in [3.05, 3.63) is 47.7 Å². The number of aryl methyl sites for hydroxylation is 1. The molecule has 94 valence electrons. The number of nitrogens with zero attached hydrogens (tertiary/aromatic N) is 2. The van der Waals surface area contributed by atoms with Crippen LogP contribution in [0.5, 0.6) is 0 Å². The number of hydrogen-bond acceptors (Lipinski definition) is 2. The van der Waals surface area contributed by atoms with Gasteiger partial charge in [0.15, 0.2) is 0 Å². The van der Waals surface area contributed by atoms with Gasteiger partial charge in [0.2, 0.25) is 5.91 Å². The molecule has 1 aromatic heterocycles. The molecule has 2 rings (SSSR count). The lowest BCUT2D eigenvalue weighted by Gasteiger charge is -2.07. The van der Waals surface area contributed by atoms with E-state index in [1.54, 1.807) is 4.68 Å². The predicted octanol–water partition coefficient (Wildman–Crippen LogP) is 2.42. The number of rotatable bonds is 4. The summed E-state index contributed by atoms with van der Waals surface area (Å²) in [6.45, 7) is 2.50. The standard InChI is InChI=1S/C13H14ClN3O/c1-10-7-12(15-13(18)8-14)17(16-10)9-11-5-3-2-4-6-11/h2-7H,8-9H2,1H3,(H,15,18). The Labute approximate surface area is 111 Å². The second-order valence-corrected chi connectivity index (χ2v) is 4.26. The van der Waals surface area contributed by atoms with Gasteiger partial charge < -0.3 is 5.32 Å². The van der Waals surface area contributed by atoms with Gasteiger partial charge in [-0.3, -0.25) is 4.79 Å². The minimum absolute atomic E-state index is 0.0600. The average Bonchev–Trinajstić information content (AvgIpc) is 2.70. The Kier molecular flexibility index (Phi) is 3.99. The zero-order chi connectivity index (χ0) is 13.0.